The van der Waals surface area contributed by atoms with E-state index in [1.807, 2.05) is 0 Å². The van der Waals surface area contributed by atoms with Gasteiger partial charge in [0.05, 0.1) is 5.60 Å². The minimum absolute atomic E-state index is 0.0590. The average molecular weight is 250 g/mol. The fourth-order valence-electron chi connectivity index (χ4n) is 0.826. The van der Waals surface area contributed by atoms with Crippen LogP contribution in [0, 0.1) is 0 Å². The molecule has 0 radical (unpaired) electrons. The maximum Gasteiger partial charge on any atom is 0.303 e. The third-order valence-corrected chi connectivity index (χ3v) is 1.75. The van der Waals surface area contributed by atoms with Gasteiger partial charge in [-0.1, -0.05) is 0 Å². The third kappa shape index (κ3) is 25.3. The maximum absolute atomic E-state index is 9.90. The van der Waals surface area contributed by atoms with Crippen molar-refractivity contribution in [2.75, 3.05) is 6.61 Å². The van der Waals surface area contributed by atoms with Crippen LogP contribution in [0.25, 0.3) is 0 Å². The molecule has 0 aromatic carbocycles. The Balaban J connectivity index is 0. The van der Waals surface area contributed by atoms with Gasteiger partial charge in [0.15, 0.2) is 0 Å². The smallest absolute Gasteiger partial charge is 0.303 e. The number of hydrogen-bond donors (Lipinski definition) is 4. The lowest BCUT2D eigenvalue weighted by atomic mass is 10.1. The molecule has 102 valence electrons. The summed E-state index contributed by atoms with van der Waals surface area (Å²) in [4.78, 5) is 19.8. The lowest BCUT2D eigenvalue weighted by molar-refractivity contribution is -0.139. The topological polar surface area (TPSA) is 115 Å². The van der Waals surface area contributed by atoms with Crippen LogP contribution in [0.4, 0.5) is 0 Å². The van der Waals surface area contributed by atoms with Crippen molar-refractivity contribution in [2.45, 2.75) is 51.6 Å². The Kier molecular flexibility index (Phi) is 10.8. The van der Waals surface area contributed by atoms with Gasteiger partial charge in [0, 0.05) is 19.4 Å². The molecule has 0 unspecified atom stereocenters. The summed E-state index contributed by atoms with van der Waals surface area (Å²) in [6.45, 7) is 3.40. The minimum Gasteiger partial charge on any atom is -0.481 e. The fourth-order valence-corrected chi connectivity index (χ4v) is 0.826. The Morgan fingerprint density at radius 1 is 1.00 bits per heavy atom. The molecule has 0 aliphatic carbocycles. The van der Waals surface area contributed by atoms with Crippen LogP contribution in [0.1, 0.15) is 46.0 Å². The van der Waals surface area contributed by atoms with E-state index >= 15 is 0 Å². The second kappa shape index (κ2) is 10.0. The van der Waals surface area contributed by atoms with E-state index in [-0.39, 0.29) is 19.4 Å². The van der Waals surface area contributed by atoms with Gasteiger partial charge in [0.1, 0.15) is 0 Å². The van der Waals surface area contributed by atoms with Crippen molar-refractivity contribution in [3.05, 3.63) is 0 Å². The van der Waals surface area contributed by atoms with Crippen molar-refractivity contribution in [3.8, 4) is 0 Å². The van der Waals surface area contributed by atoms with Gasteiger partial charge in [0.25, 0.3) is 0 Å². The molecule has 0 heterocycles. The van der Waals surface area contributed by atoms with E-state index in [0.717, 1.165) is 0 Å². The number of rotatable bonds is 7. The van der Waals surface area contributed by atoms with E-state index in [4.69, 9.17) is 20.4 Å². The number of carbonyl (C=O) groups is 2. The van der Waals surface area contributed by atoms with Crippen molar-refractivity contribution in [3.63, 3.8) is 0 Å². The van der Waals surface area contributed by atoms with Gasteiger partial charge in [-0.2, -0.15) is 0 Å². The number of unbranched alkanes of at least 4 members (excludes halogenated alkanes) is 1. The van der Waals surface area contributed by atoms with Gasteiger partial charge in [-0.15, -0.1) is 0 Å². The van der Waals surface area contributed by atoms with Crippen LogP contribution in [0.15, 0.2) is 0 Å². The van der Waals surface area contributed by atoms with E-state index in [0.29, 0.717) is 19.3 Å². The molecule has 0 aromatic rings. The number of aliphatic hydroxyl groups excluding tert-OH is 1. The molecular formula is C11H22O6. The highest BCUT2D eigenvalue weighted by Crippen LogP contribution is 2.04. The van der Waals surface area contributed by atoms with Gasteiger partial charge in [-0.05, 0) is 33.1 Å². The summed E-state index contributed by atoms with van der Waals surface area (Å²) < 4.78 is 0. The molecule has 17 heavy (non-hydrogen) atoms. The second-order valence-electron chi connectivity index (χ2n) is 4.28. The van der Waals surface area contributed by atoms with Crippen LogP contribution >= 0.6 is 0 Å². The van der Waals surface area contributed by atoms with E-state index in [2.05, 4.69) is 0 Å². The van der Waals surface area contributed by atoms with Crippen LogP contribution in [0.3, 0.4) is 0 Å². The lowest BCUT2D eigenvalue weighted by Gasteiger charge is -2.13. The number of aliphatic carboxylic acids is 2. The van der Waals surface area contributed by atoms with E-state index < -0.39 is 17.5 Å². The molecule has 0 saturated carbocycles. The molecule has 0 bridgehead atoms. The molecule has 4 N–H and O–H groups in total. The van der Waals surface area contributed by atoms with E-state index in [9.17, 15) is 9.59 Å². The third-order valence-electron chi connectivity index (χ3n) is 1.75. The average Bonchev–Trinajstić information content (AvgIpc) is 2.11. The van der Waals surface area contributed by atoms with Crippen molar-refractivity contribution in [1.82, 2.24) is 0 Å². The monoisotopic (exact) mass is 250 g/mol. The fraction of sp³-hybridized carbons (Fsp3) is 0.818. The molecule has 0 fully saturated rings. The van der Waals surface area contributed by atoms with Crippen molar-refractivity contribution < 1.29 is 30.0 Å². The molecule has 0 aliphatic rings. The van der Waals surface area contributed by atoms with Gasteiger partial charge < -0.3 is 20.4 Å². The molecular weight excluding hydrogens is 228 g/mol. The summed E-state index contributed by atoms with van der Waals surface area (Å²) in [5.41, 5.74) is -0.700. The van der Waals surface area contributed by atoms with Crippen LogP contribution in [-0.4, -0.2) is 44.6 Å². The van der Waals surface area contributed by atoms with Crippen LogP contribution < -0.4 is 0 Å². The summed E-state index contributed by atoms with van der Waals surface area (Å²) >= 11 is 0. The molecule has 0 spiro atoms. The normalized spacial score (nSPS) is 10.4. The van der Waals surface area contributed by atoms with Crippen LogP contribution in [0.5, 0.6) is 0 Å². The SMILES string of the molecule is CC(C)(O)CCO.O=C(O)CCCCC(=O)O. The molecule has 6 nitrogen and oxygen atoms in total. The first-order chi connectivity index (χ1) is 7.69. The summed E-state index contributed by atoms with van der Waals surface area (Å²) in [6, 6.07) is 0. The molecule has 0 saturated heterocycles. The van der Waals surface area contributed by atoms with E-state index in [1.54, 1.807) is 13.8 Å². The second-order valence-corrected chi connectivity index (χ2v) is 4.28. The Bertz CT molecular complexity index is 202. The standard InChI is InChI=1S/C6H10O4.C5H12O2/c7-5(8)3-1-2-4-6(9)10;1-5(2,7)3-4-6/h1-4H2,(H,7,8)(H,9,10);6-7H,3-4H2,1-2H3. The number of hydrogen-bond acceptors (Lipinski definition) is 4. The summed E-state index contributed by atoms with van der Waals surface area (Å²) in [5, 5.41) is 33.4. The quantitative estimate of drug-likeness (QED) is 0.498. The van der Waals surface area contributed by atoms with Crippen molar-refractivity contribution in [2.24, 2.45) is 0 Å². The molecule has 0 rings (SSSR count). The first-order valence-corrected chi connectivity index (χ1v) is 5.46. The van der Waals surface area contributed by atoms with Gasteiger partial charge in [-0.25, -0.2) is 0 Å². The van der Waals surface area contributed by atoms with Gasteiger partial charge in [0.2, 0.25) is 0 Å². The minimum atomic E-state index is -0.870. The summed E-state index contributed by atoms with van der Waals surface area (Å²) in [5.74, 6) is -1.74. The molecule has 0 aliphatic heterocycles. The highest BCUT2D eigenvalue weighted by Gasteiger charge is 2.09. The predicted molar refractivity (Wildman–Crippen MR) is 61.7 cm³/mol. The zero-order chi connectivity index (χ0) is 13.9. The predicted octanol–water partition coefficient (Wildman–Crippen LogP) is 0.856. The highest BCUT2D eigenvalue weighted by atomic mass is 16.4. The zero-order valence-corrected chi connectivity index (χ0v) is 10.3. The van der Waals surface area contributed by atoms with E-state index in [1.165, 1.54) is 0 Å². The van der Waals surface area contributed by atoms with Crippen LogP contribution in [-0.2, 0) is 9.59 Å². The Morgan fingerprint density at radius 2 is 1.35 bits per heavy atom. The number of carboxylic acid groups (broad SMARTS) is 2. The number of carboxylic acids is 2. The van der Waals surface area contributed by atoms with Crippen LogP contribution in [0.2, 0.25) is 0 Å². The van der Waals surface area contributed by atoms with Crippen molar-refractivity contribution in [1.29, 1.82) is 0 Å². The summed E-state index contributed by atoms with van der Waals surface area (Å²) in [6.07, 6.45) is 1.47. The largest absolute Gasteiger partial charge is 0.481 e. The molecule has 0 amide bonds. The maximum atomic E-state index is 9.90. The Morgan fingerprint density at radius 3 is 1.47 bits per heavy atom. The molecule has 0 aromatic heterocycles. The molecule has 0 atom stereocenters. The van der Waals surface area contributed by atoms with Crippen molar-refractivity contribution >= 4 is 11.9 Å². The lowest BCUT2D eigenvalue weighted by Crippen LogP contribution is -2.19. The first-order valence-electron chi connectivity index (χ1n) is 5.46. The summed E-state index contributed by atoms with van der Waals surface area (Å²) in [7, 11) is 0. The first kappa shape index (κ1) is 18.2. The van der Waals surface area contributed by atoms with Gasteiger partial charge >= 0.3 is 11.9 Å². The zero-order valence-electron chi connectivity index (χ0n) is 10.3. The number of aliphatic hydroxyl groups is 2. The Labute approximate surface area is 101 Å². The highest BCUT2D eigenvalue weighted by molar-refractivity contribution is 5.67. The Hall–Kier alpha value is -1.14. The molecule has 6 heteroatoms. The van der Waals surface area contributed by atoms with Gasteiger partial charge in [-0.3, -0.25) is 9.59 Å².